The number of aromatic nitrogens is 1. The van der Waals surface area contributed by atoms with Gasteiger partial charge in [-0.2, -0.15) is 0 Å². The van der Waals surface area contributed by atoms with Gasteiger partial charge in [-0.15, -0.1) is 0 Å². The largest absolute Gasteiger partial charge is 0.459 e. The van der Waals surface area contributed by atoms with E-state index in [-0.39, 0.29) is 11.1 Å². The molecule has 0 bridgehead atoms. The number of rotatable bonds is 3. The zero-order chi connectivity index (χ0) is 19.1. The summed E-state index contributed by atoms with van der Waals surface area (Å²) in [4.78, 5) is 25.7. The van der Waals surface area contributed by atoms with Gasteiger partial charge in [0.05, 0.1) is 6.26 Å². The van der Waals surface area contributed by atoms with Gasteiger partial charge in [-0.05, 0) is 51.1 Å². The number of ether oxygens (including phenoxy) is 1. The molecule has 7 heteroatoms. The van der Waals surface area contributed by atoms with E-state index in [1.807, 2.05) is 0 Å². The number of hydrogen-bond donors (Lipinski definition) is 0. The van der Waals surface area contributed by atoms with E-state index in [0.29, 0.717) is 9.86 Å². The average molecular weight is 422 g/mol. The number of furan rings is 1. The Morgan fingerprint density at radius 2 is 2.00 bits per heavy atom. The molecule has 0 radical (unpaired) electrons. The van der Waals surface area contributed by atoms with E-state index in [1.165, 1.54) is 30.7 Å². The Morgan fingerprint density at radius 1 is 1.27 bits per heavy atom. The molecule has 1 unspecified atom stereocenters. The zero-order valence-corrected chi connectivity index (χ0v) is 16.0. The maximum atomic E-state index is 14.5. The number of carbonyl (C=O) groups is 1. The molecule has 0 amide bonds. The van der Waals surface area contributed by atoms with E-state index in [2.05, 4.69) is 15.9 Å². The highest BCUT2D eigenvalue weighted by Gasteiger charge is 2.31. The summed E-state index contributed by atoms with van der Waals surface area (Å²) in [5, 5.41) is 0.601. The second-order valence-corrected chi connectivity index (χ2v) is 7.75. The minimum absolute atomic E-state index is 0.0293. The third kappa shape index (κ3) is 3.58. The van der Waals surface area contributed by atoms with Crippen LogP contribution in [0.1, 0.15) is 32.4 Å². The van der Waals surface area contributed by atoms with Crippen LogP contribution in [0.2, 0.25) is 0 Å². The van der Waals surface area contributed by atoms with E-state index >= 15 is 0 Å². The lowest BCUT2D eigenvalue weighted by atomic mass is 10.0. The Balaban J connectivity index is 2.22. The van der Waals surface area contributed by atoms with Crippen molar-refractivity contribution in [2.45, 2.75) is 32.4 Å². The van der Waals surface area contributed by atoms with Crippen molar-refractivity contribution in [3.63, 3.8) is 0 Å². The molecule has 0 fully saturated rings. The summed E-state index contributed by atoms with van der Waals surface area (Å²) >= 11 is 3.28. The number of benzene rings is 1. The molecule has 0 aliphatic rings. The minimum atomic E-state index is -1.28. The molecule has 1 aromatic carbocycles. The Labute approximate surface area is 157 Å². The number of halogens is 2. The van der Waals surface area contributed by atoms with Gasteiger partial charge < -0.3 is 9.15 Å². The van der Waals surface area contributed by atoms with Crippen LogP contribution in [0, 0.1) is 5.82 Å². The summed E-state index contributed by atoms with van der Waals surface area (Å²) in [5.41, 5.74) is -1.21. The van der Waals surface area contributed by atoms with Gasteiger partial charge in [-0.3, -0.25) is 9.36 Å². The first-order valence-corrected chi connectivity index (χ1v) is 8.73. The van der Waals surface area contributed by atoms with Gasteiger partial charge in [0.15, 0.2) is 11.6 Å². The van der Waals surface area contributed by atoms with E-state index in [1.54, 1.807) is 32.9 Å². The van der Waals surface area contributed by atoms with Crippen LogP contribution in [0.25, 0.3) is 11.0 Å². The minimum Gasteiger partial charge on any atom is -0.459 e. The topological polar surface area (TPSA) is 61.4 Å². The lowest BCUT2D eigenvalue weighted by Crippen LogP contribution is -2.35. The van der Waals surface area contributed by atoms with Crippen LogP contribution in [-0.2, 0) is 9.53 Å². The van der Waals surface area contributed by atoms with E-state index in [0.717, 1.165) is 4.57 Å². The standard InChI is InChI=1S/C19H17BrFNO4/c1-19(2,3)26-18(24)15(13-10-12(20)4-5-14(13)21)22-8-6-11-7-9-25-16(11)17(22)23/h4-10,15H,1-3H3. The van der Waals surface area contributed by atoms with Crippen LogP contribution in [0.5, 0.6) is 0 Å². The molecule has 0 saturated carbocycles. The van der Waals surface area contributed by atoms with Gasteiger partial charge in [0.25, 0.3) is 5.56 Å². The molecule has 5 nitrogen and oxygen atoms in total. The van der Waals surface area contributed by atoms with Crippen LogP contribution in [0.4, 0.5) is 4.39 Å². The maximum absolute atomic E-state index is 14.5. The van der Waals surface area contributed by atoms with Crippen LogP contribution >= 0.6 is 15.9 Å². The summed E-state index contributed by atoms with van der Waals surface area (Å²) in [6.45, 7) is 5.12. The molecule has 3 aromatic rings. The van der Waals surface area contributed by atoms with Crippen molar-refractivity contribution >= 4 is 32.9 Å². The number of fused-ring (bicyclic) bond motifs is 1. The Bertz CT molecular complexity index is 1030. The van der Waals surface area contributed by atoms with Crippen molar-refractivity contribution < 1.29 is 18.3 Å². The SMILES string of the molecule is CC(C)(C)OC(=O)C(c1cc(Br)ccc1F)n1ccc2ccoc2c1=O. The second-order valence-electron chi connectivity index (χ2n) is 6.84. The zero-order valence-electron chi connectivity index (χ0n) is 14.5. The molecular weight excluding hydrogens is 405 g/mol. The van der Waals surface area contributed by atoms with E-state index < -0.39 is 29.0 Å². The van der Waals surface area contributed by atoms with Crippen LogP contribution in [0.15, 0.2) is 56.5 Å². The molecule has 1 atom stereocenters. The molecule has 2 aromatic heterocycles. The van der Waals surface area contributed by atoms with Crippen molar-refractivity contribution in [3.05, 3.63) is 69.0 Å². The van der Waals surface area contributed by atoms with Crippen molar-refractivity contribution in [1.29, 1.82) is 0 Å². The number of pyridine rings is 1. The third-order valence-corrected chi connectivity index (χ3v) is 4.19. The predicted molar refractivity (Wildman–Crippen MR) is 98.6 cm³/mol. The normalized spacial score (nSPS) is 13.0. The molecule has 2 heterocycles. The second kappa shape index (κ2) is 6.72. The van der Waals surface area contributed by atoms with Crippen molar-refractivity contribution in [1.82, 2.24) is 4.57 Å². The summed E-state index contributed by atoms with van der Waals surface area (Å²) in [7, 11) is 0. The van der Waals surface area contributed by atoms with E-state index in [4.69, 9.17) is 9.15 Å². The molecular formula is C19H17BrFNO4. The predicted octanol–water partition coefficient (Wildman–Crippen LogP) is 4.43. The van der Waals surface area contributed by atoms with Gasteiger partial charge in [0, 0.05) is 21.6 Å². The fourth-order valence-corrected chi connectivity index (χ4v) is 3.02. The number of esters is 1. The molecule has 26 heavy (non-hydrogen) atoms. The Morgan fingerprint density at radius 3 is 2.69 bits per heavy atom. The number of carbonyl (C=O) groups excluding carboxylic acids is 1. The van der Waals surface area contributed by atoms with Gasteiger partial charge in [-0.1, -0.05) is 15.9 Å². The highest BCUT2D eigenvalue weighted by atomic mass is 79.9. The Hall–Kier alpha value is -2.41. The lowest BCUT2D eigenvalue weighted by molar-refractivity contribution is -0.157. The van der Waals surface area contributed by atoms with E-state index in [9.17, 15) is 14.0 Å². The Kier molecular flexibility index (Phi) is 4.75. The molecule has 136 valence electrons. The van der Waals surface area contributed by atoms with Crippen LogP contribution < -0.4 is 5.56 Å². The highest BCUT2D eigenvalue weighted by molar-refractivity contribution is 9.10. The van der Waals surface area contributed by atoms with Gasteiger partial charge >= 0.3 is 5.97 Å². The maximum Gasteiger partial charge on any atom is 0.334 e. The van der Waals surface area contributed by atoms with Crippen molar-refractivity contribution in [2.75, 3.05) is 0 Å². The fraction of sp³-hybridized carbons (Fsp3) is 0.263. The molecule has 0 aliphatic carbocycles. The monoisotopic (exact) mass is 421 g/mol. The first-order chi connectivity index (χ1) is 12.2. The molecule has 0 saturated heterocycles. The summed E-state index contributed by atoms with van der Waals surface area (Å²) in [6, 6.07) is 6.20. The van der Waals surface area contributed by atoms with Crippen molar-refractivity contribution in [2.24, 2.45) is 0 Å². The summed E-state index contributed by atoms with van der Waals surface area (Å²) in [6.07, 6.45) is 2.83. The van der Waals surface area contributed by atoms with Crippen LogP contribution in [0.3, 0.4) is 0 Å². The summed E-state index contributed by atoms with van der Waals surface area (Å²) < 4.78 is 26.9. The molecule has 3 rings (SSSR count). The van der Waals surface area contributed by atoms with Gasteiger partial charge in [-0.25, -0.2) is 9.18 Å². The lowest BCUT2D eigenvalue weighted by Gasteiger charge is -2.25. The molecule has 0 aliphatic heterocycles. The third-order valence-electron chi connectivity index (χ3n) is 3.70. The molecule has 0 spiro atoms. The number of hydrogen-bond acceptors (Lipinski definition) is 4. The smallest absolute Gasteiger partial charge is 0.334 e. The highest BCUT2D eigenvalue weighted by Crippen LogP contribution is 2.27. The van der Waals surface area contributed by atoms with Gasteiger partial charge in [0.2, 0.25) is 0 Å². The quantitative estimate of drug-likeness (QED) is 0.586. The average Bonchev–Trinajstić information content (AvgIpc) is 3.01. The molecule has 0 N–H and O–H groups in total. The van der Waals surface area contributed by atoms with Crippen molar-refractivity contribution in [3.8, 4) is 0 Å². The fourth-order valence-electron chi connectivity index (χ4n) is 2.65. The number of nitrogens with zero attached hydrogens (tertiary/aromatic N) is 1. The van der Waals surface area contributed by atoms with Gasteiger partial charge in [0.1, 0.15) is 11.4 Å². The summed E-state index contributed by atoms with van der Waals surface area (Å²) in [5.74, 6) is -1.35. The first kappa shape index (κ1) is 18.4. The van der Waals surface area contributed by atoms with Crippen LogP contribution in [-0.4, -0.2) is 16.1 Å². The first-order valence-electron chi connectivity index (χ1n) is 7.93.